The van der Waals surface area contributed by atoms with E-state index in [4.69, 9.17) is 9.47 Å². The molecule has 3 heterocycles. The molecular formula is C19H19N3O4. The minimum atomic E-state index is -0.378. The van der Waals surface area contributed by atoms with Crippen molar-refractivity contribution in [2.45, 2.75) is 31.8 Å². The third kappa shape index (κ3) is 3.67. The van der Waals surface area contributed by atoms with Crippen molar-refractivity contribution in [1.82, 2.24) is 4.98 Å². The quantitative estimate of drug-likeness (QED) is 0.882. The van der Waals surface area contributed by atoms with Crippen LogP contribution in [0.3, 0.4) is 0 Å². The molecule has 2 aliphatic rings. The van der Waals surface area contributed by atoms with Gasteiger partial charge in [-0.15, -0.1) is 0 Å². The number of ether oxygens (including phenoxy) is 2. The van der Waals surface area contributed by atoms with Crippen LogP contribution in [-0.2, 0) is 20.7 Å². The molecule has 1 saturated heterocycles. The van der Waals surface area contributed by atoms with Crippen molar-refractivity contribution >= 4 is 23.2 Å². The molecule has 1 aromatic heterocycles. The third-order valence-corrected chi connectivity index (χ3v) is 4.43. The smallest absolute Gasteiger partial charge is 0.253 e. The van der Waals surface area contributed by atoms with E-state index in [0.29, 0.717) is 30.3 Å². The van der Waals surface area contributed by atoms with E-state index < -0.39 is 0 Å². The molecule has 0 spiro atoms. The van der Waals surface area contributed by atoms with Crippen LogP contribution in [0.15, 0.2) is 36.5 Å². The van der Waals surface area contributed by atoms with Gasteiger partial charge in [0.25, 0.3) is 5.91 Å². The van der Waals surface area contributed by atoms with Crippen molar-refractivity contribution in [1.29, 1.82) is 0 Å². The summed E-state index contributed by atoms with van der Waals surface area (Å²) in [5.41, 5.74) is 2.46. The van der Waals surface area contributed by atoms with Crippen molar-refractivity contribution < 1.29 is 19.1 Å². The van der Waals surface area contributed by atoms with Crippen molar-refractivity contribution in [3.05, 3.63) is 42.1 Å². The van der Waals surface area contributed by atoms with Gasteiger partial charge in [-0.1, -0.05) is 6.07 Å². The van der Waals surface area contributed by atoms with E-state index in [9.17, 15) is 9.59 Å². The monoisotopic (exact) mass is 353 g/mol. The number of rotatable bonds is 4. The van der Waals surface area contributed by atoms with E-state index in [1.807, 2.05) is 12.1 Å². The number of nitrogens with zero attached hydrogens (tertiary/aromatic N) is 1. The van der Waals surface area contributed by atoms with E-state index in [1.165, 1.54) is 0 Å². The predicted octanol–water partition coefficient (Wildman–Crippen LogP) is 2.88. The van der Waals surface area contributed by atoms with Gasteiger partial charge in [0.2, 0.25) is 11.8 Å². The topological polar surface area (TPSA) is 89.5 Å². The highest BCUT2D eigenvalue weighted by atomic mass is 16.5. The van der Waals surface area contributed by atoms with Crippen LogP contribution in [0, 0.1) is 0 Å². The Morgan fingerprint density at radius 1 is 1.27 bits per heavy atom. The van der Waals surface area contributed by atoms with Crippen molar-refractivity contribution in [2.75, 3.05) is 17.2 Å². The number of pyridine rings is 1. The Bertz CT molecular complexity index is 829. The van der Waals surface area contributed by atoms with E-state index >= 15 is 0 Å². The lowest BCUT2D eigenvalue weighted by Crippen LogP contribution is -2.26. The highest BCUT2D eigenvalue weighted by molar-refractivity contribution is 5.94. The minimum absolute atomic E-state index is 0.0131. The van der Waals surface area contributed by atoms with Crippen molar-refractivity contribution in [2.24, 2.45) is 0 Å². The van der Waals surface area contributed by atoms with Crippen LogP contribution in [-0.4, -0.2) is 29.5 Å². The molecular weight excluding hydrogens is 334 g/mol. The molecule has 4 rings (SSSR count). The van der Waals surface area contributed by atoms with Gasteiger partial charge in [-0.25, -0.2) is 4.98 Å². The summed E-state index contributed by atoms with van der Waals surface area (Å²) in [7, 11) is 0. The maximum absolute atomic E-state index is 12.0. The molecule has 2 aliphatic heterocycles. The number of fused-ring (bicyclic) bond motifs is 1. The van der Waals surface area contributed by atoms with E-state index in [-0.39, 0.29) is 17.9 Å². The molecule has 7 heteroatoms. The summed E-state index contributed by atoms with van der Waals surface area (Å²) in [5.74, 6) is 0.860. The van der Waals surface area contributed by atoms with E-state index in [2.05, 4.69) is 15.6 Å². The first-order valence-corrected chi connectivity index (χ1v) is 8.66. The van der Waals surface area contributed by atoms with Gasteiger partial charge in [0, 0.05) is 30.8 Å². The highest BCUT2D eigenvalue weighted by Gasteiger charge is 2.23. The second-order valence-electron chi connectivity index (χ2n) is 6.35. The Morgan fingerprint density at radius 2 is 2.19 bits per heavy atom. The molecule has 0 radical (unpaired) electrons. The van der Waals surface area contributed by atoms with Crippen LogP contribution >= 0.6 is 0 Å². The average molecular weight is 353 g/mol. The maximum Gasteiger partial charge on any atom is 0.253 e. The molecule has 26 heavy (non-hydrogen) atoms. The first kappa shape index (κ1) is 16.5. The number of benzene rings is 1. The number of aromatic nitrogens is 1. The first-order chi connectivity index (χ1) is 12.7. The van der Waals surface area contributed by atoms with Gasteiger partial charge >= 0.3 is 0 Å². The summed E-state index contributed by atoms with van der Waals surface area (Å²) in [5, 5.41) is 5.64. The van der Waals surface area contributed by atoms with Crippen LogP contribution in [0.1, 0.15) is 24.8 Å². The Balaban J connectivity index is 1.40. The molecule has 1 fully saturated rings. The summed E-state index contributed by atoms with van der Waals surface area (Å²) in [6.45, 7) is 0.629. The number of hydrogen-bond donors (Lipinski definition) is 2. The normalized spacial score (nSPS) is 18.8. The van der Waals surface area contributed by atoms with Crippen molar-refractivity contribution in [3.8, 4) is 11.6 Å². The van der Waals surface area contributed by atoms with Gasteiger partial charge < -0.3 is 20.1 Å². The number of hydrogen-bond acceptors (Lipinski definition) is 5. The number of aryl methyl sites for hydroxylation is 1. The third-order valence-electron chi connectivity index (χ3n) is 4.43. The first-order valence-electron chi connectivity index (χ1n) is 8.66. The fourth-order valence-electron chi connectivity index (χ4n) is 3.06. The second-order valence-corrected chi connectivity index (χ2v) is 6.35. The molecule has 2 aromatic rings. The number of carbonyl (C=O) groups is 2. The summed E-state index contributed by atoms with van der Waals surface area (Å²) in [6, 6.07) is 9.01. The lowest BCUT2D eigenvalue weighted by molar-refractivity contribution is -0.124. The summed E-state index contributed by atoms with van der Waals surface area (Å²) in [4.78, 5) is 27.7. The molecule has 0 bridgehead atoms. The molecule has 1 atom stereocenters. The summed E-state index contributed by atoms with van der Waals surface area (Å²) >= 11 is 0. The largest absolute Gasteiger partial charge is 0.439 e. The molecule has 2 N–H and O–H groups in total. The SMILES string of the molecule is O=C1CCc2ccc(Oc3ccc(NC(=O)[C@H]4CCCO4)cn3)cc2N1. The van der Waals surface area contributed by atoms with Gasteiger partial charge in [-0.2, -0.15) is 0 Å². The highest BCUT2D eigenvalue weighted by Crippen LogP contribution is 2.29. The molecule has 2 amide bonds. The summed E-state index contributed by atoms with van der Waals surface area (Å²) < 4.78 is 11.1. The zero-order chi connectivity index (χ0) is 17.9. The molecule has 0 aliphatic carbocycles. The number of amides is 2. The van der Waals surface area contributed by atoms with Gasteiger partial charge in [0.1, 0.15) is 11.9 Å². The zero-order valence-corrected chi connectivity index (χ0v) is 14.2. The number of carbonyl (C=O) groups excluding carboxylic acids is 2. The Hall–Kier alpha value is -2.93. The number of anilines is 2. The molecule has 1 aromatic carbocycles. The Morgan fingerprint density at radius 3 is 2.96 bits per heavy atom. The Kier molecular flexibility index (Phi) is 4.53. The molecule has 134 valence electrons. The molecule has 0 saturated carbocycles. The van der Waals surface area contributed by atoms with Crippen LogP contribution in [0.25, 0.3) is 0 Å². The maximum atomic E-state index is 12.0. The standard InChI is InChI=1S/C19H19N3O4/c23-17-7-4-12-3-6-14(10-15(12)22-17)26-18-8-5-13(11-20-18)21-19(24)16-2-1-9-25-16/h3,5-6,8,10-11,16H,1-2,4,7,9H2,(H,21,24)(H,22,23)/t16-/m1/s1. The fourth-order valence-corrected chi connectivity index (χ4v) is 3.06. The van der Waals surface area contributed by atoms with E-state index in [1.54, 1.807) is 24.4 Å². The second kappa shape index (κ2) is 7.13. The molecule has 7 nitrogen and oxygen atoms in total. The van der Waals surface area contributed by atoms with Crippen LogP contribution < -0.4 is 15.4 Å². The lowest BCUT2D eigenvalue weighted by atomic mass is 10.0. The fraction of sp³-hybridized carbons (Fsp3) is 0.316. The predicted molar refractivity (Wildman–Crippen MR) is 95.3 cm³/mol. The minimum Gasteiger partial charge on any atom is -0.439 e. The van der Waals surface area contributed by atoms with Gasteiger partial charge in [0.15, 0.2) is 0 Å². The van der Waals surface area contributed by atoms with Gasteiger partial charge in [-0.05, 0) is 37.0 Å². The van der Waals surface area contributed by atoms with Crippen LogP contribution in [0.4, 0.5) is 11.4 Å². The van der Waals surface area contributed by atoms with Gasteiger partial charge in [-0.3, -0.25) is 9.59 Å². The Labute approximate surface area is 150 Å². The van der Waals surface area contributed by atoms with Gasteiger partial charge in [0.05, 0.1) is 11.9 Å². The van der Waals surface area contributed by atoms with E-state index in [0.717, 1.165) is 30.5 Å². The lowest BCUT2D eigenvalue weighted by Gasteiger charge is -2.17. The van der Waals surface area contributed by atoms with Crippen molar-refractivity contribution in [3.63, 3.8) is 0 Å². The average Bonchev–Trinajstić information content (AvgIpc) is 3.18. The molecule has 0 unspecified atom stereocenters. The summed E-state index contributed by atoms with van der Waals surface area (Å²) in [6.07, 6.45) is 4.06. The van der Waals surface area contributed by atoms with Crippen LogP contribution in [0.2, 0.25) is 0 Å². The zero-order valence-electron chi connectivity index (χ0n) is 14.2. The number of nitrogens with one attached hydrogen (secondary N) is 2. The van der Waals surface area contributed by atoms with Crippen LogP contribution in [0.5, 0.6) is 11.6 Å².